The second-order valence-electron chi connectivity index (χ2n) is 3.57. The smallest absolute Gasteiger partial charge is 0.127 e. The lowest BCUT2D eigenvalue weighted by atomic mass is 10.1. The number of thiophene rings is 1. The maximum atomic E-state index is 5.43. The van der Waals surface area contributed by atoms with E-state index in [1.54, 1.807) is 25.6 Å². The van der Waals surface area contributed by atoms with Gasteiger partial charge >= 0.3 is 0 Å². The predicted molar refractivity (Wildman–Crippen MR) is 82.3 cm³/mol. The van der Waals surface area contributed by atoms with E-state index in [9.17, 15) is 0 Å². The summed E-state index contributed by atoms with van der Waals surface area (Å²) < 4.78 is 11.9. The number of methoxy groups -OCH3 is 2. The van der Waals surface area contributed by atoms with E-state index in [-0.39, 0.29) is 4.83 Å². The minimum atomic E-state index is 0.0398. The fraction of sp³-hybridized carbons (Fsp3) is 0.231. The van der Waals surface area contributed by atoms with Crippen LogP contribution in [0.1, 0.15) is 15.3 Å². The number of halogens is 2. The van der Waals surface area contributed by atoms with Crippen LogP contribution in [0.3, 0.4) is 0 Å². The normalized spacial score (nSPS) is 12.2. The number of hydrogen-bond donors (Lipinski definition) is 0. The molecule has 18 heavy (non-hydrogen) atoms. The van der Waals surface area contributed by atoms with Crippen molar-refractivity contribution in [2.75, 3.05) is 14.2 Å². The average Bonchev–Trinajstić information content (AvgIpc) is 2.83. The summed E-state index contributed by atoms with van der Waals surface area (Å²) in [4.78, 5) is 1.23. The van der Waals surface area contributed by atoms with Crippen molar-refractivity contribution in [2.45, 2.75) is 4.83 Å². The van der Waals surface area contributed by atoms with Crippen molar-refractivity contribution in [1.29, 1.82) is 0 Å². The number of ether oxygens (including phenoxy) is 2. The molecular weight excluding hydrogens is 380 g/mol. The summed E-state index contributed by atoms with van der Waals surface area (Å²) in [5.41, 5.74) is 1.01. The second-order valence-corrected chi connectivity index (χ2v) is 6.29. The van der Waals surface area contributed by atoms with Crippen molar-refractivity contribution in [3.8, 4) is 11.5 Å². The van der Waals surface area contributed by atoms with Crippen molar-refractivity contribution in [3.63, 3.8) is 0 Å². The molecule has 0 aliphatic rings. The lowest BCUT2D eigenvalue weighted by Gasteiger charge is -2.17. The molecule has 0 amide bonds. The van der Waals surface area contributed by atoms with Gasteiger partial charge in [-0.05, 0) is 39.5 Å². The summed E-state index contributed by atoms with van der Waals surface area (Å²) in [6.07, 6.45) is 0. The highest BCUT2D eigenvalue weighted by Gasteiger charge is 2.22. The first kappa shape index (κ1) is 13.9. The van der Waals surface area contributed by atoms with Gasteiger partial charge in [-0.3, -0.25) is 0 Å². The fourth-order valence-corrected chi connectivity index (χ4v) is 4.66. The standard InChI is InChI=1S/C13H12Br2O2S/c1-16-9-4-3-5-10(17-2)11(9)12(15)13-8(14)6-7-18-13/h3-7,12H,1-2H3. The molecule has 1 atom stereocenters. The van der Waals surface area contributed by atoms with E-state index < -0.39 is 0 Å². The summed E-state index contributed by atoms with van der Waals surface area (Å²) >= 11 is 8.97. The third-order valence-electron chi connectivity index (χ3n) is 2.59. The van der Waals surface area contributed by atoms with E-state index in [2.05, 4.69) is 37.2 Å². The predicted octanol–water partition coefficient (Wildman–Crippen LogP) is 5.01. The van der Waals surface area contributed by atoms with Crippen LogP contribution in [0, 0.1) is 0 Å². The van der Waals surface area contributed by atoms with Crippen LogP contribution in [-0.4, -0.2) is 14.2 Å². The molecule has 0 N–H and O–H groups in total. The molecule has 0 saturated heterocycles. The van der Waals surface area contributed by atoms with Gasteiger partial charge in [0.15, 0.2) is 0 Å². The van der Waals surface area contributed by atoms with Crippen molar-refractivity contribution < 1.29 is 9.47 Å². The first-order valence-corrected chi connectivity index (χ1v) is 7.85. The van der Waals surface area contributed by atoms with Crippen LogP contribution in [0.4, 0.5) is 0 Å². The Bertz CT molecular complexity index is 517. The molecule has 1 aromatic heterocycles. The summed E-state index contributed by atoms with van der Waals surface area (Å²) in [5, 5.41) is 2.05. The highest BCUT2D eigenvalue weighted by Crippen LogP contribution is 2.46. The Morgan fingerprint density at radius 2 is 1.72 bits per heavy atom. The van der Waals surface area contributed by atoms with Crippen molar-refractivity contribution in [1.82, 2.24) is 0 Å². The van der Waals surface area contributed by atoms with Gasteiger partial charge in [0.05, 0.1) is 24.6 Å². The largest absolute Gasteiger partial charge is 0.496 e. The van der Waals surface area contributed by atoms with Crippen LogP contribution in [0.2, 0.25) is 0 Å². The minimum Gasteiger partial charge on any atom is -0.496 e. The molecule has 0 saturated carbocycles. The highest BCUT2D eigenvalue weighted by atomic mass is 79.9. The molecule has 1 aromatic carbocycles. The van der Waals surface area contributed by atoms with Crippen LogP contribution in [0.15, 0.2) is 34.1 Å². The molecule has 2 rings (SSSR count). The zero-order valence-corrected chi connectivity index (χ0v) is 13.9. The maximum absolute atomic E-state index is 5.43. The number of hydrogen-bond acceptors (Lipinski definition) is 3. The van der Waals surface area contributed by atoms with Gasteiger partial charge in [0, 0.05) is 9.35 Å². The summed E-state index contributed by atoms with van der Waals surface area (Å²) in [7, 11) is 3.34. The lowest BCUT2D eigenvalue weighted by molar-refractivity contribution is 0.387. The molecular formula is C13H12Br2O2S. The molecule has 2 nitrogen and oxygen atoms in total. The van der Waals surface area contributed by atoms with Gasteiger partial charge in [-0.1, -0.05) is 22.0 Å². The van der Waals surface area contributed by atoms with Gasteiger partial charge in [-0.25, -0.2) is 0 Å². The van der Waals surface area contributed by atoms with E-state index in [1.807, 2.05) is 24.3 Å². The van der Waals surface area contributed by atoms with Crippen LogP contribution in [0.5, 0.6) is 11.5 Å². The minimum absolute atomic E-state index is 0.0398. The highest BCUT2D eigenvalue weighted by molar-refractivity contribution is 9.11. The van der Waals surface area contributed by atoms with Crippen LogP contribution >= 0.6 is 43.2 Å². The Kier molecular flexibility index (Phi) is 4.70. The molecule has 0 bridgehead atoms. The first-order valence-electron chi connectivity index (χ1n) is 5.27. The van der Waals surface area contributed by atoms with Gasteiger partial charge in [-0.15, -0.1) is 11.3 Å². The Balaban J connectivity index is 2.52. The molecule has 0 radical (unpaired) electrons. The second kappa shape index (κ2) is 6.08. The summed E-state index contributed by atoms with van der Waals surface area (Å²) in [6, 6.07) is 7.84. The van der Waals surface area contributed by atoms with Gasteiger partial charge in [0.25, 0.3) is 0 Å². The molecule has 1 unspecified atom stereocenters. The van der Waals surface area contributed by atoms with E-state index in [4.69, 9.17) is 9.47 Å². The van der Waals surface area contributed by atoms with E-state index >= 15 is 0 Å². The van der Waals surface area contributed by atoms with Gasteiger partial charge < -0.3 is 9.47 Å². The molecule has 5 heteroatoms. The van der Waals surface area contributed by atoms with Gasteiger partial charge in [0.2, 0.25) is 0 Å². The summed E-state index contributed by atoms with van der Waals surface area (Å²) in [6.45, 7) is 0. The SMILES string of the molecule is COc1cccc(OC)c1C(Br)c1sccc1Br. The topological polar surface area (TPSA) is 18.5 Å². The number of alkyl halides is 1. The third kappa shape index (κ3) is 2.58. The van der Waals surface area contributed by atoms with Gasteiger partial charge in [-0.2, -0.15) is 0 Å². The quantitative estimate of drug-likeness (QED) is 0.681. The Morgan fingerprint density at radius 3 is 2.17 bits per heavy atom. The number of benzene rings is 1. The maximum Gasteiger partial charge on any atom is 0.127 e. The molecule has 0 fully saturated rings. The Hall–Kier alpha value is -0.520. The van der Waals surface area contributed by atoms with Crippen molar-refractivity contribution in [2.24, 2.45) is 0 Å². The van der Waals surface area contributed by atoms with Gasteiger partial charge in [0.1, 0.15) is 11.5 Å². The van der Waals surface area contributed by atoms with E-state index in [1.165, 1.54) is 4.88 Å². The van der Waals surface area contributed by atoms with Crippen molar-refractivity contribution >= 4 is 43.2 Å². The molecule has 0 aliphatic carbocycles. The first-order chi connectivity index (χ1) is 8.69. The zero-order chi connectivity index (χ0) is 13.1. The fourth-order valence-electron chi connectivity index (χ4n) is 1.75. The summed E-state index contributed by atoms with van der Waals surface area (Å²) in [5.74, 6) is 1.63. The van der Waals surface area contributed by atoms with E-state index in [0.29, 0.717) is 0 Å². The Morgan fingerprint density at radius 1 is 1.11 bits per heavy atom. The van der Waals surface area contributed by atoms with Crippen LogP contribution < -0.4 is 9.47 Å². The van der Waals surface area contributed by atoms with Crippen LogP contribution in [-0.2, 0) is 0 Å². The third-order valence-corrected chi connectivity index (χ3v) is 5.75. The molecule has 96 valence electrons. The molecule has 2 aromatic rings. The monoisotopic (exact) mass is 390 g/mol. The average molecular weight is 392 g/mol. The zero-order valence-electron chi connectivity index (χ0n) is 9.94. The number of rotatable bonds is 4. The lowest BCUT2D eigenvalue weighted by Crippen LogP contribution is -1.99. The van der Waals surface area contributed by atoms with Crippen molar-refractivity contribution in [3.05, 3.63) is 44.6 Å². The molecule has 0 aliphatic heterocycles. The molecule has 0 spiro atoms. The van der Waals surface area contributed by atoms with E-state index in [0.717, 1.165) is 21.5 Å². The molecule has 1 heterocycles. The van der Waals surface area contributed by atoms with Crippen LogP contribution in [0.25, 0.3) is 0 Å². The Labute approximate surface area is 127 Å².